The highest BCUT2D eigenvalue weighted by Crippen LogP contribution is 2.66. The number of esters is 1. The summed E-state index contributed by atoms with van der Waals surface area (Å²) in [6, 6.07) is 0. The molecule has 1 unspecified atom stereocenters. The van der Waals surface area contributed by atoms with Crippen LogP contribution in [0.1, 0.15) is 130 Å². The summed E-state index contributed by atoms with van der Waals surface area (Å²) in [5.41, 5.74) is 0.517. The number of rotatable bonds is 9. The number of carbonyl (C=O) groups is 2. The van der Waals surface area contributed by atoms with Crippen LogP contribution in [0, 0.1) is 40.4 Å². The summed E-state index contributed by atoms with van der Waals surface area (Å²) >= 11 is 0. The Morgan fingerprint density at radius 2 is 1.67 bits per heavy atom. The fraction of sp³-hybridized carbons (Fsp3) is 0.933. The molecule has 4 fully saturated rings. The van der Waals surface area contributed by atoms with Crippen molar-refractivity contribution in [3.05, 3.63) is 0 Å². The van der Waals surface area contributed by atoms with Crippen LogP contribution in [0.4, 0.5) is 0 Å². The maximum absolute atomic E-state index is 13.0. The molecule has 0 N–H and O–H groups in total. The van der Waals surface area contributed by atoms with E-state index < -0.39 is 0 Å². The van der Waals surface area contributed by atoms with Crippen molar-refractivity contribution in [3.8, 4) is 0 Å². The molecule has 0 heterocycles. The molecule has 0 aliphatic heterocycles. The molecular formula is C30H50O3. The molecular weight excluding hydrogens is 408 g/mol. The average molecular weight is 459 g/mol. The Kier molecular flexibility index (Phi) is 7.96. The molecule has 33 heavy (non-hydrogen) atoms. The zero-order chi connectivity index (χ0) is 23.6. The number of ether oxygens (including phenoxy) is 1. The lowest BCUT2D eigenvalue weighted by molar-refractivity contribution is -0.168. The highest BCUT2D eigenvalue weighted by molar-refractivity contribution is 5.79. The summed E-state index contributed by atoms with van der Waals surface area (Å²) < 4.78 is 6.28. The Morgan fingerprint density at radius 3 is 2.45 bits per heavy atom. The van der Waals surface area contributed by atoms with Crippen molar-refractivity contribution < 1.29 is 14.3 Å². The van der Waals surface area contributed by atoms with Gasteiger partial charge in [0, 0.05) is 18.3 Å². The Hall–Kier alpha value is -0.860. The normalized spacial score (nSPS) is 41.1. The average Bonchev–Trinajstić information content (AvgIpc) is 3.12. The summed E-state index contributed by atoms with van der Waals surface area (Å²) in [5.74, 6) is 3.43. The number of ketones is 1. The van der Waals surface area contributed by atoms with E-state index in [0.717, 1.165) is 50.4 Å². The highest BCUT2D eigenvalue weighted by Gasteiger charge is 2.61. The zero-order valence-electron chi connectivity index (χ0n) is 22.0. The Labute approximate surface area is 203 Å². The van der Waals surface area contributed by atoms with E-state index in [0.29, 0.717) is 23.0 Å². The second kappa shape index (κ2) is 10.4. The van der Waals surface area contributed by atoms with Gasteiger partial charge in [-0.3, -0.25) is 9.59 Å². The van der Waals surface area contributed by atoms with Crippen molar-refractivity contribution in [2.24, 2.45) is 40.4 Å². The first kappa shape index (κ1) is 25.2. The maximum atomic E-state index is 13.0. The topological polar surface area (TPSA) is 43.4 Å². The van der Waals surface area contributed by atoms with Crippen molar-refractivity contribution >= 4 is 11.8 Å². The van der Waals surface area contributed by atoms with Gasteiger partial charge in [-0.25, -0.2) is 0 Å². The quantitative estimate of drug-likeness (QED) is 0.260. The van der Waals surface area contributed by atoms with Crippen LogP contribution in [0.3, 0.4) is 0 Å². The molecule has 0 aromatic rings. The summed E-state index contributed by atoms with van der Waals surface area (Å²) in [7, 11) is 0. The van der Waals surface area contributed by atoms with Crippen molar-refractivity contribution in [1.82, 2.24) is 0 Å². The number of Topliss-reactive ketones (excluding diaryl/α,β-unsaturated/α-hetero) is 1. The molecule has 0 radical (unpaired) electrons. The first-order valence-electron chi connectivity index (χ1n) is 14.5. The van der Waals surface area contributed by atoms with E-state index in [1.165, 1.54) is 64.2 Å². The molecule has 0 saturated heterocycles. The van der Waals surface area contributed by atoms with Crippen molar-refractivity contribution in [2.45, 2.75) is 137 Å². The van der Waals surface area contributed by atoms with E-state index >= 15 is 0 Å². The summed E-state index contributed by atoms with van der Waals surface area (Å²) in [4.78, 5) is 25.1. The minimum atomic E-state index is 0.0317. The summed E-state index contributed by atoms with van der Waals surface area (Å²) in [5, 5.41) is 0. The third-order valence-corrected chi connectivity index (χ3v) is 11.0. The number of fused-ring (bicyclic) bond motifs is 5. The maximum Gasteiger partial charge on any atom is 0.308 e. The molecule has 4 saturated carbocycles. The van der Waals surface area contributed by atoms with Gasteiger partial charge >= 0.3 is 5.97 Å². The summed E-state index contributed by atoms with van der Waals surface area (Å²) in [6.45, 7) is 9.28. The Balaban J connectivity index is 1.32. The highest BCUT2D eigenvalue weighted by atomic mass is 16.5. The first-order chi connectivity index (χ1) is 15.8. The second-order valence-corrected chi connectivity index (χ2v) is 12.9. The van der Waals surface area contributed by atoms with Gasteiger partial charge in [0.05, 0.1) is 5.92 Å². The molecule has 0 aromatic carbocycles. The molecule has 3 heteroatoms. The first-order valence-corrected chi connectivity index (χ1v) is 14.5. The Bertz CT molecular complexity index is 701. The van der Waals surface area contributed by atoms with Gasteiger partial charge in [0.2, 0.25) is 0 Å². The number of hydrogen-bond acceptors (Lipinski definition) is 3. The van der Waals surface area contributed by atoms with Crippen LogP contribution >= 0.6 is 0 Å². The molecule has 4 aliphatic rings. The Morgan fingerprint density at radius 1 is 0.939 bits per heavy atom. The largest absolute Gasteiger partial charge is 0.462 e. The van der Waals surface area contributed by atoms with Crippen LogP contribution < -0.4 is 0 Å². The van der Waals surface area contributed by atoms with Gasteiger partial charge in [-0.15, -0.1) is 0 Å². The minimum Gasteiger partial charge on any atom is -0.462 e. The van der Waals surface area contributed by atoms with E-state index in [2.05, 4.69) is 27.7 Å². The standard InChI is InChI=1S/C30H50O3/c1-5-6-7-8-9-10-11-21(2)28(32)33-27-15-14-25-24-13-12-22-20-23(31)16-18-29(22,3)26(24)17-19-30(25,27)4/h21-22,24-27H,5-20H2,1-4H3/t21?,22-,24-,25-,26-,27-,29-,30-/m0/s1. The molecule has 188 valence electrons. The van der Waals surface area contributed by atoms with Gasteiger partial charge in [0.25, 0.3) is 0 Å². The molecule has 0 bridgehead atoms. The zero-order valence-corrected chi connectivity index (χ0v) is 22.0. The minimum absolute atomic E-state index is 0.0317. The SMILES string of the molecule is CCCCCCCCC(C)C(=O)O[C@H]1CC[C@H]2[C@@H]3CC[C@H]4CC(=O)CC[C@]4(C)[C@H]3CC[C@]12C. The van der Waals surface area contributed by atoms with Gasteiger partial charge in [0.15, 0.2) is 0 Å². The van der Waals surface area contributed by atoms with Gasteiger partial charge in [-0.1, -0.05) is 66.2 Å². The lowest BCUT2D eigenvalue weighted by Gasteiger charge is -2.60. The molecule has 0 aromatic heterocycles. The van der Waals surface area contributed by atoms with E-state index in [-0.39, 0.29) is 23.4 Å². The third kappa shape index (κ3) is 4.94. The van der Waals surface area contributed by atoms with Gasteiger partial charge in [0.1, 0.15) is 11.9 Å². The van der Waals surface area contributed by atoms with Crippen LogP contribution in [0.15, 0.2) is 0 Å². The molecule has 3 nitrogen and oxygen atoms in total. The van der Waals surface area contributed by atoms with E-state index in [1.807, 2.05) is 0 Å². The van der Waals surface area contributed by atoms with Crippen molar-refractivity contribution in [3.63, 3.8) is 0 Å². The van der Waals surface area contributed by atoms with Crippen LogP contribution in [-0.2, 0) is 14.3 Å². The predicted octanol–water partition coefficient (Wildman–Crippen LogP) is 7.90. The van der Waals surface area contributed by atoms with Crippen molar-refractivity contribution in [1.29, 1.82) is 0 Å². The van der Waals surface area contributed by atoms with Gasteiger partial charge < -0.3 is 4.74 Å². The molecule has 4 rings (SSSR count). The van der Waals surface area contributed by atoms with E-state index in [1.54, 1.807) is 0 Å². The molecule has 0 spiro atoms. The fourth-order valence-corrected chi connectivity index (χ4v) is 8.80. The molecule has 0 amide bonds. The van der Waals surface area contributed by atoms with Gasteiger partial charge in [-0.05, 0) is 80.5 Å². The van der Waals surface area contributed by atoms with Crippen LogP contribution in [0.25, 0.3) is 0 Å². The predicted molar refractivity (Wildman–Crippen MR) is 134 cm³/mol. The van der Waals surface area contributed by atoms with Crippen molar-refractivity contribution in [2.75, 3.05) is 0 Å². The van der Waals surface area contributed by atoms with Gasteiger partial charge in [-0.2, -0.15) is 0 Å². The summed E-state index contributed by atoms with van der Waals surface area (Å²) in [6.07, 6.45) is 18.7. The van der Waals surface area contributed by atoms with Crippen LogP contribution in [0.2, 0.25) is 0 Å². The molecule has 4 aliphatic carbocycles. The van der Waals surface area contributed by atoms with Crippen LogP contribution in [-0.4, -0.2) is 17.9 Å². The number of hydrogen-bond donors (Lipinski definition) is 0. The smallest absolute Gasteiger partial charge is 0.308 e. The number of unbranched alkanes of at least 4 members (excludes halogenated alkanes) is 5. The lowest BCUT2D eigenvalue weighted by atomic mass is 9.45. The van der Waals surface area contributed by atoms with Crippen LogP contribution in [0.5, 0.6) is 0 Å². The van der Waals surface area contributed by atoms with E-state index in [4.69, 9.17) is 4.74 Å². The lowest BCUT2D eigenvalue weighted by Crippen LogP contribution is -2.54. The molecule has 8 atom stereocenters. The second-order valence-electron chi connectivity index (χ2n) is 12.9. The fourth-order valence-electron chi connectivity index (χ4n) is 8.80. The number of carbonyl (C=O) groups excluding carboxylic acids is 2. The monoisotopic (exact) mass is 458 g/mol. The van der Waals surface area contributed by atoms with E-state index in [9.17, 15) is 9.59 Å². The third-order valence-electron chi connectivity index (χ3n) is 11.0.